The Labute approximate surface area is 134 Å². The van der Waals surface area contributed by atoms with Crippen LogP contribution >= 0.6 is 27.7 Å². The summed E-state index contributed by atoms with van der Waals surface area (Å²) in [5, 5.41) is 3.15. The quantitative estimate of drug-likeness (QED) is 0.635. The molecule has 0 heterocycles. The summed E-state index contributed by atoms with van der Waals surface area (Å²) >= 11 is 5.52. The van der Waals surface area contributed by atoms with E-state index >= 15 is 0 Å². The summed E-state index contributed by atoms with van der Waals surface area (Å²) in [6.45, 7) is 6.33. The maximum Gasteiger partial charge on any atom is 0.175 e. The number of thioether (sulfide) groups is 1. The van der Waals surface area contributed by atoms with E-state index in [1.165, 1.54) is 5.56 Å². The van der Waals surface area contributed by atoms with Gasteiger partial charge in [0.05, 0.1) is 17.7 Å². The van der Waals surface area contributed by atoms with E-state index in [1.807, 2.05) is 31.8 Å². The molecule has 0 aliphatic heterocycles. The highest BCUT2D eigenvalue weighted by Crippen LogP contribution is 2.37. The molecule has 0 saturated carbocycles. The smallest absolute Gasteiger partial charge is 0.175 e. The molecule has 1 rings (SSSR count). The second kappa shape index (κ2) is 10.4. The Balaban J connectivity index is 2.71. The second-order valence-electron chi connectivity index (χ2n) is 4.27. The first kappa shape index (κ1) is 17.7. The van der Waals surface area contributed by atoms with E-state index in [9.17, 15) is 0 Å². The van der Waals surface area contributed by atoms with Gasteiger partial charge in [-0.1, -0.05) is 6.92 Å². The molecule has 0 atom stereocenters. The lowest BCUT2D eigenvalue weighted by molar-refractivity contribution is 0.275. The molecule has 20 heavy (non-hydrogen) atoms. The van der Waals surface area contributed by atoms with Crippen LogP contribution in [-0.4, -0.2) is 31.8 Å². The van der Waals surface area contributed by atoms with E-state index in [1.54, 1.807) is 0 Å². The molecule has 0 amide bonds. The average Bonchev–Trinajstić information content (AvgIpc) is 2.42. The van der Waals surface area contributed by atoms with Crippen molar-refractivity contribution in [2.45, 2.75) is 26.8 Å². The van der Waals surface area contributed by atoms with Gasteiger partial charge in [0.15, 0.2) is 11.5 Å². The number of ether oxygens (including phenoxy) is 2. The number of halogens is 1. The Bertz CT molecular complexity index is 402. The Hall–Kier alpha value is -0.390. The standard InChI is InChI=1S/C15H24BrNO2S/c1-4-18-14-10-12(11-17-3)9-13(16)15(14)19-7-6-8-20-5-2/h9-10,17H,4-8,11H2,1-3H3. The highest BCUT2D eigenvalue weighted by Gasteiger charge is 2.12. The van der Waals surface area contributed by atoms with E-state index in [-0.39, 0.29) is 0 Å². The Morgan fingerprint density at radius 3 is 2.70 bits per heavy atom. The molecule has 0 spiro atoms. The van der Waals surface area contributed by atoms with E-state index in [0.29, 0.717) is 6.61 Å². The molecule has 0 radical (unpaired) electrons. The SMILES string of the molecule is CCOc1cc(CNC)cc(Br)c1OCCCSCC. The molecule has 0 aromatic heterocycles. The van der Waals surface area contributed by atoms with Crippen LogP contribution in [0, 0.1) is 0 Å². The summed E-state index contributed by atoms with van der Waals surface area (Å²) in [6.07, 6.45) is 1.05. The minimum absolute atomic E-state index is 0.636. The van der Waals surface area contributed by atoms with Gasteiger partial charge in [-0.25, -0.2) is 0 Å². The van der Waals surface area contributed by atoms with Gasteiger partial charge in [0.1, 0.15) is 0 Å². The topological polar surface area (TPSA) is 30.5 Å². The molecule has 3 nitrogen and oxygen atoms in total. The van der Waals surface area contributed by atoms with Crippen LogP contribution in [0.2, 0.25) is 0 Å². The van der Waals surface area contributed by atoms with E-state index < -0.39 is 0 Å². The van der Waals surface area contributed by atoms with E-state index in [4.69, 9.17) is 9.47 Å². The van der Waals surface area contributed by atoms with Gasteiger partial charge in [0.25, 0.3) is 0 Å². The van der Waals surface area contributed by atoms with Gasteiger partial charge < -0.3 is 14.8 Å². The fourth-order valence-corrected chi connectivity index (χ4v) is 3.02. The first-order valence-electron chi connectivity index (χ1n) is 7.03. The third-order valence-electron chi connectivity index (χ3n) is 2.63. The maximum atomic E-state index is 5.89. The molecule has 1 aromatic carbocycles. The monoisotopic (exact) mass is 361 g/mol. The first-order chi connectivity index (χ1) is 9.72. The van der Waals surface area contributed by atoms with Gasteiger partial charge in [-0.15, -0.1) is 0 Å². The van der Waals surface area contributed by atoms with Crippen LogP contribution in [0.25, 0.3) is 0 Å². The van der Waals surface area contributed by atoms with Gasteiger partial charge in [-0.3, -0.25) is 0 Å². The highest BCUT2D eigenvalue weighted by molar-refractivity contribution is 9.10. The van der Waals surface area contributed by atoms with Gasteiger partial charge in [-0.05, 0) is 65.5 Å². The number of hydrogen-bond acceptors (Lipinski definition) is 4. The second-order valence-corrected chi connectivity index (χ2v) is 6.52. The molecule has 1 aromatic rings. The molecule has 1 N–H and O–H groups in total. The van der Waals surface area contributed by atoms with Crippen molar-refractivity contribution in [3.8, 4) is 11.5 Å². The Kier molecular flexibility index (Phi) is 9.14. The first-order valence-corrected chi connectivity index (χ1v) is 8.98. The lowest BCUT2D eigenvalue weighted by Crippen LogP contribution is -2.07. The Morgan fingerprint density at radius 2 is 2.05 bits per heavy atom. The van der Waals surface area contributed by atoms with Crippen LogP contribution in [-0.2, 0) is 6.54 Å². The van der Waals surface area contributed by atoms with Crippen LogP contribution in [0.5, 0.6) is 11.5 Å². The van der Waals surface area contributed by atoms with Gasteiger partial charge >= 0.3 is 0 Å². The molecule has 0 aliphatic carbocycles. The van der Waals surface area contributed by atoms with Crippen LogP contribution in [0.4, 0.5) is 0 Å². The molecule has 0 saturated heterocycles. The molecule has 0 fully saturated rings. The van der Waals surface area contributed by atoms with Crippen LogP contribution in [0.3, 0.4) is 0 Å². The molecular formula is C15H24BrNO2S. The lowest BCUT2D eigenvalue weighted by Gasteiger charge is -2.15. The fourth-order valence-electron chi connectivity index (χ4n) is 1.81. The highest BCUT2D eigenvalue weighted by atomic mass is 79.9. The third-order valence-corrected chi connectivity index (χ3v) is 4.21. The van der Waals surface area contributed by atoms with E-state index in [0.717, 1.165) is 47.0 Å². The van der Waals surface area contributed by atoms with Gasteiger partial charge in [0, 0.05) is 6.54 Å². The zero-order valence-electron chi connectivity index (χ0n) is 12.5. The van der Waals surface area contributed by atoms with Gasteiger partial charge in [-0.2, -0.15) is 11.8 Å². The normalized spacial score (nSPS) is 10.6. The van der Waals surface area contributed by atoms with E-state index in [2.05, 4.69) is 34.2 Å². The number of rotatable bonds is 10. The minimum atomic E-state index is 0.636. The van der Waals surface area contributed by atoms with Crippen LogP contribution in [0.15, 0.2) is 16.6 Å². The zero-order chi connectivity index (χ0) is 14.8. The minimum Gasteiger partial charge on any atom is -0.490 e. The molecule has 5 heteroatoms. The van der Waals surface area contributed by atoms with Crippen molar-refractivity contribution in [2.24, 2.45) is 0 Å². The van der Waals surface area contributed by atoms with Crippen molar-refractivity contribution in [2.75, 3.05) is 31.8 Å². The summed E-state index contributed by atoms with van der Waals surface area (Å²) in [7, 11) is 1.93. The fraction of sp³-hybridized carbons (Fsp3) is 0.600. The van der Waals surface area contributed by atoms with Crippen molar-refractivity contribution in [3.63, 3.8) is 0 Å². The van der Waals surface area contributed by atoms with Crippen molar-refractivity contribution >= 4 is 27.7 Å². The van der Waals surface area contributed by atoms with Crippen molar-refractivity contribution < 1.29 is 9.47 Å². The summed E-state index contributed by atoms with van der Waals surface area (Å²) in [4.78, 5) is 0. The largest absolute Gasteiger partial charge is 0.490 e. The summed E-state index contributed by atoms with van der Waals surface area (Å²) in [5.41, 5.74) is 1.18. The number of nitrogens with one attached hydrogen (secondary N) is 1. The number of benzene rings is 1. The van der Waals surface area contributed by atoms with Crippen molar-refractivity contribution in [1.29, 1.82) is 0 Å². The van der Waals surface area contributed by atoms with Crippen molar-refractivity contribution in [1.82, 2.24) is 5.32 Å². The van der Waals surface area contributed by atoms with Crippen LogP contribution in [0.1, 0.15) is 25.8 Å². The summed E-state index contributed by atoms with van der Waals surface area (Å²) < 4.78 is 12.5. The van der Waals surface area contributed by atoms with Crippen LogP contribution < -0.4 is 14.8 Å². The lowest BCUT2D eigenvalue weighted by atomic mass is 10.2. The third kappa shape index (κ3) is 5.94. The molecular weight excluding hydrogens is 338 g/mol. The molecule has 0 aliphatic rings. The van der Waals surface area contributed by atoms with Gasteiger partial charge in [0.2, 0.25) is 0 Å². The number of hydrogen-bond donors (Lipinski definition) is 1. The molecule has 114 valence electrons. The predicted molar refractivity (Wildman–Crippen MR) is 91.2 cm³/mol. The summed E-state index contributed by atoms with van der Waals surface area (Å²) in [6, 6.07) is 4.12. The average molecular weight is 362 g/mol. The molecule has 0 bridgehead atoms. The zero-order valence-corrected chi connectivity index (χ0v) is 14.9. The maximum absolute atomic E-state index is 5.89. The van der Waals surface area contributed by atoms with Crippen molar-refractivity contribution in [3.05, 3.63) is 22.2 Å². The predicted octanol–water partition coefficient (Wildman–Crippen LogP) is 4.09. The Morgan fingerprint density at radius 1 is 1.25 bits per heavy atom. The summed E-state index contributed by atoms with van der Waals surface area (Å²) in [5.74, 6) is 3.92. The molecule has 0 unspecified atom stereocenters.